The van der Waals surface area contributed by atoms with Gasteiger partial charge in [0.05, 0.1) is 12.9 Å². The highest BCUT2D eigenvalue weighted by atomic mass is 16.4. The van der Waals surface area contributed by atoms with Crippen LogP contribution in [0.15, 0.2) is 26.0 Å². The van der Waals surface area contributed by atoms with Crippen molar-refractivity contribution in [1.29, 1.82) is 0 Å². The number of hydrogen-bond acceptors (Lipinski definition) is 5. The minimum Gasteiger partial charge on any atom is -0.456 e. The summed E-state index contributed by atoms with van der Waals surface area (Å²) in [5, 5.41) is 11.4. The molecule has 0 radical (unpaired) electrons. The van der Waals surface area contributed by atoms with Gasteiger partial charge < -0.3 is 19.3 Å². The lowest BCUT2D eigenvalue weighted by molar-refractivity contribution is 0.310. The van der Waals surface area contributed by atoms with Crippen molar-refractivity contribution in [2.24, 2.45) is 0 Å². The predicted octanol–water partition coefficient (Wildman–Crippen LogP) is 1.10. The van der Waals surface area contributed by atoms with Gasteiger partial charge in [0, 0.05) is 18.2 Å². The standard InChI is InChI=1S/C10H11NO4/c1-6-5-14-10-7(13)4-8(11-2-3-12)15-9(6)10/h4-5,11-12H,2-3H2,1H3. The molecule has 0 atom stereocenters. The van der Waals surface area contributed by atoms with Gasteiger partial charge in [-0.1, -0.05) is 0 Å². The highest BCUT2D eigenvalue weighted by Gasteiger charge is 2.10. The largest absolute Gasteiger partial charge is 0.456 e. The van der Waals surface area contributed by atoms with Crippen LogP contribution in [0.1, 0.15) is 5.56 Å². The Morgan fingerprint density at radius 3 is 3.00 bits per heavy atom. The van der Waals surface area contributed by atoms with Gasteiger partial charge in [-0.05, 0) is 6.92 Å². The van der Waals surface area contributed by atoms with Crippen LogP contribution in [0.3, 0.4) is 0 Å². The normalized spacial score (nSPS) is 10.8. The third kappa shape index (κ3) is 1.73. The van der Waals surface area contributed by atoms with Gasteiger partial charge in [0.25, 0.3) is 0 Å². The van der Waals surface area contributed by atoms with Crippen LogP contribution in [0.25, 0.3) is 11.2 Å². The first-order valence-corrected chi connectivity index (χ1v) is 4.59. The average Bonchev–Trinajstić information content (AvgIpc) is 2.58. The van der Waals surface area contributed by atoms with Gasteiger partial charge >= 0.3 is 0 Å². The SMILES string of the molecule is Cc1coc2c(=O)cc(NCCO)oc12. The predicted molar refractivity (Wildman–Crippen MR) is 55.1 cm³/mol. The van der Waals surface area contributed by atoms with Gasteiger partial charge in [-0.15, -0.1) is 0 Å². The minimum atomic E-state index is -0.232. The van der Waals surface area contributed by atoms with E-state index in [1.165, 1.54) is 12.3 Å². The highest BCUT2D eigenvalue weighted by molar-refractivity contribution is 5.74. The zero-order valence-electron chi connectivity index (χ0n) is 8.24. The smallest absolute Gasteiger partial charge is 0.230 e. The monoisotopic (exact) mass is 209 g/mol. The van der Waals surface area contributed by atoms with Gasteiger partial charge in [-0.2, -0.15) is 0 Å². The first-order chi connectivity index (χ1) is 7.22. The van der Waals surface area contributed by atoms with Crippen molar-refractivity contribution in [2.75, 3.05) is 18.5 Å². The molecule has 15 heavy (non-hydrogen) atoms. The van der Waals surface area contributed by atoms with Crippen molar-refractivity contribution in [3.63, 3.8) is 0 Å². The molecule has 5 heteroatoms. The third-order valence-electron chi connectivity index (χ3n) is 2.03. The number of rotatable bonds is 3. The Morgan fingerprint density at radius 1 is 1.47 bits per heavy atom. The average molecular weight is 209 g/mol. The molecule has 2 rings (SSSR count). The third-order valence-corrected chi connectivity index (χ3v) is 2.03. The van der Waals surface area contributed by atoms with Crippen LogP contribution in [-0.4, -0.2) is 18.3 Å². The Balaban J connectivity index is 2.50. The fourth-order valence-corrected chi connectivity index (χ4v) is 1.32. The topological polar surface area (TPSA) is 75.6 Å². The molecular formula is C10H11NO4. The van der Waals surface area contributed by atoms with E-state index in [0.29, 0.717) is 18.0 Å². The van der Waals surface area contributed by atoms with Crippen molar-refractivity contribution < 1.29 is 13.9 Å². The second kappa shape index (κ2) is 3.78. The van der Waals surface area contributed by atoms with Gasteiger partial charge in [-0.3, -0.25) is 4.79 Å². The molecule has 0 saturated heterocycles. The van der Waals surface area contributed by atoms with Crippen LogP contribution in [0.5, 0.6) is 0 Å². The fraction of sp³-hybridized carbons (Fsp3) is 0.300. The summed E-state index contributed by atoms with van der Waals surface area (Å²) in [7, 11) is 0. The van der Waals surface area contributed by atoms with E-state index in [4.69, 9.17) is 13.9 Å². The van der Waals surface area contributed by atoms with Crippen LogP contribution in [-0.2, 0) is 0 Å². The van der Waals surface area contributed by atoms with E-state index in [1.54, 1.807) is 6.92 Å². The Kier molecular flexibility index (Phi) is 2.47. The molecule has 0 aliphatic carbocycles. The summed E-state index contributed by atoms with van der Waals surface area (Å²) in [6.45, 7) is 2.11. The molecule has 2 aromatic rings. The fourth-order valence-electron chi connectivity index (χ4n) is 1.32. The molecule has 0 saturated carbocycles. The van der Waals surface area contributed by atoms with E-state index in [0.717, 1.165) is 5.56 Å². The second-order valence-corrected chi connectivity index (χ2v) is 3.20. The molecule has 5 nitrogen and oxygen atoms in total. The van der Waals surface area contributed by atoms with Crippen LogP contribution in [0.2, 0.25) is 0 Å². The van der Waals surface area contributed by atoms with Crippen LogP contribution in [0, 0.1) is 6.92 Å². The second-order valence-electron chi connectivity index (χ2n) is 3.20. The maximum atomic E-state index is 11.5. The zero-order chi connectivity index (χ0) is 10.8. The maximum Gasteiger partial charge on any atom is 0.230 e. The van der Waals surface area contributed by atoms with Crippen LogP contribution < -0.4 is 10.7 Å². The molecule has 0 spiro atoms. The van der Waals surface area contributed by atoms with Gasteiger partial charge in [0.1, 0.15) is 0 Å². The van der Waals surface area contributed by atoms with E-state index in [2.05, 4.69) is 5.32 Å². The van der Waals surface area contributed by atoms with E-state index in [-0.39, 0.29) is 17.6 Å². The first-order valence-electron chi connectivity index (χ1n) is 4.59. The van der Waals surface area contributed by atoms with E-state index in [1.807, 2.05) is 0 Å². The molecule has 0 fully saturated rings. The molecule has 2 aromatic heterocycles. The molecule has 0 aliphatic rings. The van der Waals surface area contributed by atoms with Crippen molar-refractivity contribution in [3.8, 4) is 0 Å². The quantitative estimate of drug-likeness (QED) is 0.791. The number of fused-ring (bicyclic) bond motifs is 1. The number of furan rings is 1. The summed E-state index contributed by atoms with van der Waals surface area (Å²) in [4.78, 5) is 11.5. The van der Waals surface area contributed by atoms with E-state index in [9.17, 15) is 4.79 Å². The molecule has 80 valence electrons. The zero-order valence-corrected chi connectivity index (χ0v) is 8.24. The Morgan fingerprint density at radius 2 is 2.27 bits per heavy atom. The Labute approximate surface area is 85.3 Å². The molecule has 0 bridgehead atoms. The lowest BCUT2D eigenvalue weighted by atomic mass is 10.3. The summed E-state index contributed by atoms with van der Waals surface area (Å²) in [6, 6.07) is 1.31. The van der Waals surface area contributed by atoms with Gasteiger partial charge in [0.15, 0.2) is 11.5 Å². The van der Waals surface area contributed by atoms with Crippen LogP contribution in [0.4, 0.5) is 5.88 Å². The lowest BCUT2D eigenvalue weighted by Gasteiger charge is -2.01. The summed E-state index contributed by atoms with van der Waals surface area (Å²) >= 11 is 0. The summed E-state index contributed by atoms with van der Waals surface area (Å²) in [5.74, 6) is 0.339. The molecule has 2 heterocycles. The molecule has 0 unspecified atom stereocenters. The van der Waals surface area contributed by atoms with Gasteiger partial charge in [-0.25, -0.2) is 0 Å². The van der Waals surface area contributed by atoms with E-state index >= 15 is 0 Å². The van der Waals surface area contributed by atoms with Crippen molar-refractivity contribution in [2.45, 2.75) is 6.92 Å². The van der Waals surface area contributed by atoms with Crippen molar-refractivity contribution >= 4 is 17.1 Å². The summed E-state index contributed by atoms with van der Waals surface area (Å²) in [5.41, 5.74) is 1.21. The Hall–Kier alpha value is -1.75. The molecular weight excluding hydrogens is 198 g/mol. The highest BCUT2D eigenvalue weighted by Crippen LogP contribution is 2.20. The van der Waals surface area contributed by atoms with Crippen LogP contribution >= 0.6 is 0 Å². The minimum absolute atomic E-state index is 0.0217. The van der Waals surface area contributed by atoms with Gasteiger partial charge in [0.2, 0.25) is 11.0 Å². The number of anilines is 1. The summed E-state index contributed by atoms with van der Waals surface area (Å²) in [6.07, 6.45) is 1.48. The first kappa shape index (κ1) is 9.79. The number of hydrogen-bond donors (Lipinski definition) is 2. The molecule has 2 N–H and O–H groups in total. The maximum absolute atomic E-state index is 11.5. The summed E-state index contributed by atoms with van der Waals surface area (Å²) < 4.78 is 10.5. The Bertz CT molecular complexity index is 526. The lowest BCUT2D eigenvalue weighted by Crippen LogP contribution is -2.08. The van der Waals surface area contributed by atoms with Crippen molar-refractivity contribution in [3.05, 3.63) is 28.1 Å². The molecule has 0 aliphatic heterocycles. The van der Waals surface area contributed by atoms with E-state index < -0.39 is 0 Å². The number of nitrogens with one attached hydrogen (secondary N) is 1. The van der Waals surface area contributed by atoms with Crippen molar-refractivity contribution in [1.82, 2.24) is 0 Å². The number of aliphatic hydroxyl groups is 1. The molecule has 0 aromatic carbocycles. The number of aliphatic hydroxyl groups excluding tert-OH is 1. The molecule has 0 amide bonds. The number of aryl methyl sites for hydroxylation is 1.